The molecule has 4 rings (SSSR count). The van der Waals surface area contributed by atoms with Crippen molar-refractivity contribution in [1.29, 1.82) is 0 Å². The second-order valence-corrected chi connectivity index (χ2v) is 6.41. The predicted molar refractivity (Wildman–Crippen MR) is 101 cm³/mol. The number of pyridine rings is 1. The third kappa shape index (κ3) is 4.25. The molecule has 27 heavy (non-hydrogen) atoms. The van der Waals surface area contributed by atoms with Crippen molar-refractivity contribution in [3.8, 4) is 5.69 Å². The van der Waals surface area contributed by atoms with Crippen LogP contribution in [0.2, 0.25) is 0 Å². The average molecular weight is 359 g/mol. The van der Waals surface area contributed by atoms with Gasteiger partial charge in [0.1, 0.15) is 18.5 Å². The molecule has 0 radical (unpaired) electrons. The van der Waals surface area contributed by atoms with Gasteiger partial charge >= 0.3 is 0 Å². The second kappa shape index (κ2) is 7.90. The Hall–Kier alpha value is -3.35. The zero-order valence-electron chi connectivity index (χ0n) is 15.2. The van der Waals surface area contributed by atoms with Crippen molar-refractivity contribution < 1.29 is 0 Å². The van der Waals surface area contributed by atoms with Gasteiger partial charge in [0.2, 0.25) is 0 Å². The molecule has 0 saturated carbocycles. The van der Waals surface area contributed by atoms with Gasteiger partial charge in [-0.05, 0) is 31.0 Å². The van der Waals surface area contributed by atoms with Crippen molar-refractivity contribution in [2.75, 3.05) is 0 Å². The van der Waals surface area contributed by atoms with Crippen LogP contribution in [0.1, 0.15) is 22.9 Å². The summed E-state index contributed by atoms with van der Waals surface area (Å²) in [4.78, 5) is 13.1. The quantitative estimate of drug-likeness (QED) is 0.507. The lowest BCUT2D eigenvalue weighted by atomic mass is 10.1. The third-order valence-electron chi connectivity index (χ3n) is 4.35. The van der Waals surface area contributed by atoms with Crippen molar-refractivity contribution in [1.82, 2.24) is 34.5 Å². The minimum absolute atomic E-state index is 0.709. The standard InChI is InChI=1S/C20H21N7/c1-16-13-18(9-11-22-16)27-20(10-12-26-15-21-14-23-26)24-19(25-27)8-7-17-5-3-2-4-6-17/h2-6,9,11,13-15H,7-8,10,12H2,1H3. The molecular formula is C20H21N7. The molecule has 0 aliphatic rings. The van der Waals surface area contributed by atoms with Crippen molar-refractivity contribution in [3.63, 3.8) is 0 Å². The first-order valence-electron chi connectivity index (χ1n) is 9.02. The van der Waals surface area contributed by atoms with Crippen LogP contribution in [-0.2, 0) is 25.8 Å². The summed E-state index contributed by atoms with van der Waals surface area (Å²) >= 11 is 0. The largest absolute Gasteiger partial charge is 0.261 e. The van der Waals surface area contributed by atoms with Gasteiger partial charge in [-0.2, -0.15) is 10.2 Å². The summed E-state index contributed by atoms with van der Waals surface area (Å²) < 4.78 is 3.73. The molecule has 3 aromatic heterocycles. The fourth-order valence-electron chi connectivity index (χ4n) is 2.99. The molecule has 0 aliphatic carbocycles. The summed E-state index contributed by atoms with van der Waals surface area (Å²) in [7, 11) is 0. The van der Waals surface area contributed by atoms with Crippen molar-refractivity contribution in [2.24, 2.45) is 0 Å². The van der Waals surface area contributed by atoms with Gasteiger partial charge in [-0.15, -0.1) is 0 Å². The van der Waals surface area contributed by atoms with Crippen LogP contribution in [0.5, 0.6) is 0 Å². The van der Waals surface area contributed by atoms with E-state index in [-0.39, 0.29) is 0 Å². The highest BCUT2D eigenvalue weighted by molar-refractivity contribution is 5.32. The van der Waals surface area contributed by atoms with Gasteiger partial charge in [-0.25, -0.2) is 14.6 Å². The molecular weight excluding hydrogens is 338 g/mol. The van der Waals surface area contributed by atoms with Crippen LogP contribution in [0.25, 0.3) is 5.69 Å². The molecule has 0 amide bonds. The van der Waals surface area contributed by atoms with E-state index in [2.05, 4.69) is 39.3 Å². The third-order valence-corrected chi connectivity index (χ3v) is 4.35. The van der Waals surface area contributed by atoms with Crippen LogP contribution >= 0.6 is 0 Å². The molecule has 0 saturated heterocycles. The van der Waals surface area contributed by atoms with E-state index in [4.69, 9.17) is 10.1 Å². The molecule has 0 fully saturated rings. The van der Waals surface area contributed by atoms with Crippen LogP contribution in [0, 0.1) is 6.92 Å². The second-order valence-electron chi connectivity index (χ2n) is 6.41. The van der Waals surface area contributed by atoms with Crippen molar-refractivity contribution in [3.05, 3.63) is 84.2 Å². The summed E-state index contributed by atoms with van der Waals surface area (Å²) in [6.07, 6.45) is 7.51. The summed E-state index contributed by atoms with van der Waals surface area (Å²) in [6, 6.07) is 14.4. The van der Waals surface area contributed by atoms with Gasteiger partial charge in [0.05, 0.1) is 5.69 Å². The fourth-order valence-corrected chi connectivity index (χ4v) is 2.99. The van der Waals surface area contributed by atoms with Crippen LogP contribution < -0.4 is 0 Å². The Morgan fingerprint density at radius 1 is 1.00 bits per heavy atom. The minimum atomic E-state index is 0.709. The molecule has 136 valence electrons. The van der Waals surface area contributed by atoms with Gasteiger partial charge < -0.3 is 0 Å². The lowest BCUT2D eigenvalue weighted by Gasteiger charge is -2.06. The Labute approximate surface area is 157 Å². The van der Waals surface area contributed by atoms with Crippen molar-refractivity contribution >= 4 is 0 Å². The van der Waals surface area contributed by atoms with Gasteiger partial charge in [0, 0.05) is 31.3 Å². The maximum atomic E-state index is 4.80. The van der Waals surface area contributed by atoms with E-state index >= 15 is 0 Å². The molecule has 7 nitrogen and oxygen atoms in total. The van der Waals surface area contributed by atoms with Crippen molar-refractivity contribution in [2.45, 2.75) is 32.7 Å². The zero-order chi connectivity index (χ0) is 18.5. The molecule has 0 aliphatic heterocycles. The highest BCUT2D eigenvalue weighted by Gasteiger charge is 2.12. The first-order chi connectivity index (χ1) is 13.3. The fraction of sp³-hybridized carbons (Fsp3) is 0.250. The number of hydrogen-bond acceptors (Lipinski definition) is 5. The Morgan fingerprint density at radius 2 is 1.89 bits per heavy atom. The smallest absolute Gasteiger partial charge is 0.151 e. The molecule has 0 N–H and O–H groups in total. The van der Waals surface area contributed by atoms with E-state index in [0.29, 0.717) is 6.54 Å². The Kier molecular flexibility index (Phi) is 5.00. The number of nitrogens with zero attached hydrogens (tertiary/aromatic N) is 7. The van der Waals surface area contributed by atoms with E-state index in [1.54, 1.807) is 23.5 Å². The molecule has 0 spiro atoms. The minimum Gasteiger partial charge on any atom is -0.261 e. The Morgan fingerprint density at radius 3 is 2.67 bits per heavy atom. The van der Waals surface area contributed by atoms with E-state index < -0.39 is 0 Å². The summed E-state index contributed by atoms with van der Waals surface area (Å²) in [5.41, 5.74) is 3.23. The van der Waals surface area contributed by atoms with Gasteiger partial charge in [0.15, 0.2) is 5.82 Å². The maximum Gasteiger partial charge on any atom is 0.151 e. The van der Waals surface area contributed by atoms with Gasteiger partial charge in [0.25, 0.3) is 0 Å². The first kappa shape index (κ1) is 17.1. The SMILES string of the molecule is Cc1cc(-n2nc(CCc3ccccc3)nc2CCn2cncn2)ccn1. The van der Waals surface area contributed by atoms with E-state index in [9.17, 15) is 0 Å². The number of aryl methyl sites for hydroxylation is 5. The molecule has 1 aromatic carbocycles. The first-order valence-corrected chi connectivity index (χ1v) is 9.02. The average Bonchev–Trinajstić information content (AvgIpc) is 3.35. The zero-order valence-corrected chi connectivity index (χ0v) is 15.2. The lowest BCUT2D eigenvalue weighted by molar-refractivity contribution is 0.589. The topological polar surface area (TPSA) is 74.3 Å². The summed E-state index contributed by atoms with van der Waals surface area (Å²) in [6.45, 7) is 2.69. The van der Waals surface area contributed by atoms with Crippen LogP contribution in [0.3, 0.4) is 0 Å². The van der Waals surface area contributed by atoms with Gasteiger partial charge in [-0.1, -0.05) is 30.3 Å². The highest BCUT2D eigenvalue weighted by atomic mass is 15.4. The Bertz CT molecular complexity index is 990. The van der Waals surface area contributed by atoms with Gasteiger partial charge in [-0.3, -0.25) is 9.67 Å². The molecule has 3 heterocycles. The predicted octanol–water partition coefficient (Wildman–Crippen LogP) is 2.59. The number of aromatic nitrogens is 7. The molecule has 7 heteroatoms. The summed E-state index contributed by atoms with van der Waals surface area (Å²) in [5.74, 6) is 1.76. The Balaban J connectivity index is 1.57. The number of benzene rings is 1. The van der Waals surface area contributed by atoms with Crippen LogP contribution in [-0.4, -0.2) is 34.5 Å². The highest BCUT2D eigenvalue weighted by Crippen LogP contribution is 2.13. The molecule has 0 unspecified atom stereocenters. The number of rotatable bonds is 7. The molecule has 0 atom stereocenters. The summed E-state index contributed by atoms with van der Waals surface area (Å²) in [5, 5.41) is 8.94. The van der Waals surface area contributed by atoms with Crippen LogP contribution in [0.4, 0.5) is 0 Å². The van der Waals surface area contributed by atoms with Crippen LogP contribution in [0.15, 0.2) is 61.3 Å². The normalized spacial score (nSPS) is 11.0. The maximum absolute atomic E-state index is 4.80. The monoisotopic (exact) mass is 359 g/mol. The molecule has 0 bridgehead atoms. The molecule has 4 aromatic rings. The lowest BCUT2D eigenvalue weighted by Crippen LogP contribution is -2.08. The van der Waals surface area contributed by atoms with E-state index in [0.717, 1.165) is 42.3 Å². The van der Waals surface area contributed by atoms with E-state index in [1.165, 1.54) is 5.56 Å². The number of hydrogen-bond donors (Lipinski definition) is 0. The van der Waals surface area contributed by atoms with E-state index in [1.807, 2.05) is 29.8 Å².